The zero-order valence-electron chi connectivity index (χ0n) is 11.2. The van der Waals surface area contributed by atoms with E-state index < -0.39 is 11.9 Å². The molecule has 3 rings (SSSR count). The summed E-state index contributed by atoms with van der Waals surface area (Å²) in [6, 6.07) is 9.30. The Morgan fingerprint density at radius 1 is 0.955 bits per heavy atom. The van der Waals surface area contributed by atoms with Crippen molar-refractivity contribution >= 4 is 0 Å². The Hall–Kier alpha value is -2.83. The second kappa shape index (κ2) is 5.51. The van der Waals surface area contributed by atoms with Crippen LogP contribution >= 0.6 is 0 Å². The van der Waals surface area contributed by atoms with Crippen LogP contribution in [0.4, 0.5) is 13.2 Å². The topological polar surface area (TPSA) is 39.9 Å². The summed E-state index contributed by atoms with van der Waals surface area (Å²) in [5.74, 6) is 0.459. The molecular weight excluding hydrogens is 295 g/mol. The molecule has 3 heterocycles. The summed E-state index contributed by atoms with van der Waals surface area (Å²) in [4.78, 5) is 7.46. The third-order valence-corrected chi connectivity index (χ3v) is 2.87. The molecule has 22 heavy (non-hydrogen) atoms. The van der Waals surface area contributed by atoms with Crippen molar-refractivity contribution in [1.29, 1.82) is 0 Å². The predicted octanol–water partition coefficient (Wildman–Crippen LogP) is 4.08. The van der Waals surface area contributed by atoms with Crippen LogP contribution in [0.1, 0.15) is 5.69 Å². The van der Waals surface area contributed by atoms with Gasteiger partial charge in [-0.2, -0.15) is 13.2 Å². The molecule has 0 N–H and O–H groups in total. The van der Waals surface area contributed by atoms with Gasteiger partial charge in [0.25, 0.3) is 0 Å². The molecule has 0 unspecified atom stereocenters. The summed E-state index contributed by atoms with van der Waals surface area (Å²) in [7, 11) is 0. The highest BCUT2D eigenvalue weighted by Gasteiger charge is 2.32. The maximum absolute atomic E-state index is 12.5. The molecule has 0 aliphatic heterocycles. The van der Waals surface area contributed by atoms with E-state index in [2.05, 4.69) is 9.97 Å². The van der Waals surface area contributed by atoms with Crippen LogP contribution in [0.25, 0.3) is 5.69 Å². The van der Waals surface area contributed by atoms with Crippen molar-refractivity contribution in [2.45, 2.75) is 6.18 Å². The van der Waals surface area contributed by atoms with Crippen LogP contribution in [0.3, 0.4) is 0 Å². The molecule has 4 nitrogen and oxygen atoms in total. The summed E-state index contributed by atoms with van der Waals surface area (Å²) in [6.07, 6.45) is 1.72. The lowest BCUT2D eigenvalue weighted by Crippen LogP contribution is -2.07. The normalized spacial score (nSPS) is 11.4. The minimum atomic E-state index is -4.47. The number of nitrogens with zero attached hydrogens (tertiary/aromatic N) is 3. The van der Waals surface area contributed by atoms with E-state index in [0.717, 1.165) is 12.3 Å². The van der Waals surface area contributed by atoms with E-state index in [1.807, 2.05) is 24.5 Å². The van der Waals surface area contributed by atoms with Crippen molar-refractivity contribution < 1.29 is 17.9 Å². The van der Waals surface area contributed by atoms with Gasteiger partial charge in [-0.3, -0.25) is 0 Å². The highest BCUT2D eigenvalue weighted by atomic mass is 19.4. The van der Waals surface area contributed by atoms with Gasteiger partial charge in [0.15, 0.2) is 0 Å². The van der Waals surface area contributed by atoms with Crippen LogP contribution in [-0.4, -0.2) is 14.5 Å². The Bertz CT molecular complexity index is 752. The number of ether oxygens (including phenoxy) is 1. The first kappa shape index (κ1) is 14.1. The van der Waals surface area contributed by atoms with E-state index in [4.69, 9.17) is 4.74 Å². The van der Waals surface area contributed by atoms with E-state index in [1.54, 1.807) is 22.9 Å². The Morgan fingerprint density at radius 3 is 2.36 bits per heavy atom. The van der Waals surface area contributed by atoms with E-state index >= 15 is 0 Å². The van der Waals surface area contributed by atoms with Gasteiger partial charge in [0, 0.05) is 18.6 Å². The summed E-state index contributed by atoms with van der Waals surface area (Å²) < 4.78 is 44.8. The molecule has 112 valence electrons. The fourth-order valence-electron chi connectivity index (χ4n) is 1.87. The van der Waals surface area contributed by atoms with Gasteiger partial charge in [0.1, 0.15) is 17.1 Å². The fourth-order valence-corrected chi connectivity index (χ4v) is 1.87. The molecule has 0 aliphatic rings. The summed E-state index contributed by atoms with van der Waals surface area (Å²) >= 11 is 0. The summed E-state index contributed by atoms with van der Waals surface area (Å²) in [5.41, 5.74) is -0.293. The van der Waals surface area contributed by atoms with Gasteiger partial charge in [0.05, 0.1) is 6.20 Å². The third-order valence-electron chi connectivity index (χ3n) is 2.87. The fraction of sp³-hybridized carbons (Fsp3) is 0.0667. The summed E-state index contributed by atoms with van der Waals surface area (Å²) in [5, 5.41) is 0. The van der Waals surface area contributed by atoms with Crippen LogP contribution in [0.2, 0.25) is 0 Å². The zero-order chi connectivity index (χ0) is 15.6. The lowest BCUT2D eigenvalue weighted by atomic mass is 10.3. The molecule has 0 saturated carbocycles. The number of aromatic nitrogens is 3. The molecule has 0 radical (unpaired) electrons. The van der Waals surface area contributed by atoms with Crippen LogP contribution < -0.4 is 4.74 Å². The number of pyridine rings is 2. The predicted molar refractivity (Wildman–Crippen MR) is 72.9 cm³/mol. The lowest BCUT2D eigenvalue weighted by Gasteiger charge is -2.11. The van der Waals surface area contributed by atoms with E-state index in [9.17, 15) is 13.2 Å². The van der Waals surface area contributed by atoms with Crippen LogP contribution in [0.15, 0.2) is 61.2 Å². The maximum atomic E-state index is 12.5. The number of hydrogen-bond donors (Lipinski definition) is 0. The first-order valence-electron chi connectivity index (χ1n) is 6.33. The van der Waals surface area contributed by atoms with Crippen molar-refractivity contribution in [2.75, 3.05) is 0 Å². The molecule has 0 fully saturated rings. The first-order valence-corrected chi connectivity index (χ1v) is 6.33. The molecule has 0 bridgehead atoms. The molecule has 0 aliphatic carbocycles. The Morgan fingerprint density at radius 2 is 1.73 bits per heavy atom. The van der Waals surface area contributed by atoms with Gasteiger partial charge in [-0.05, 0) is 36.4 Å². The molecular formula is C15H10F3N3O. The van der Waals surface area contributed by atoms with Crippen LogP contribution in [0, 0.1) is 0 Å². The van der Waals surface area contributed by atoms with Gasteiger partial charge in [-0.15, -0.1) is 0 Å². The minimum absolute atomic E-state index is 0.181. The molecule has 0 atom stereocenters. The first-order chi connectivity index (χ1) is 10.5. The molecule has 3 aromatic rings. The highest BCUT2D eigenvalue weighted by Crippen LogP contribution is 2.30. The third kappa shape index (κ3) is 2.93. The van der Waals surface area contributed by atoms with E-state index in [0.29, 0.717) is 5.69 Å². The van der Waals surface area contributed by atoms with Crippen molar-refractivity contribution in [3.05, 3.63) is 66.9 Å². The molecule has 0 saturated heterocycles. The molecule has 7 heteroatoms. The van der Waals surface area contributed by atoms with Crippen LogP contribution in [0.5, 0.6) is 11.6 Å². The molecule has 0 aromatic carbocycles. The largest absolute Gasteiger partial charge is 0.435 e. The number of alkyl halides is 3. The van der Waals surface area contributed by atoms with Crippen molar-refractivity contribution in [3.63, 3.8) is 0 Å². The van der Waals surface area contributed by atoms with Gasteiger partial charge >= 0.3 is 6.18 Å². The quantitative estimate of drug-likeness (QED) is 0.732. The van der Waals surface area contributed by atoms with Gasteiger partial charge in [-0.25, -0.2) is 9.97 Å². The Labute approximate surface area is 123 Å². The van der Waals surface area contributed by atoms with Crippen molar-refractivity contribution in [2.24, 2.45) is 0 Å². The molecule has 0 spiro atoms. The molecule has 3 aromatic heterocycles. The second-order valence-corrected chi connectivity index (χ2v) is 4.40. The zero-order valence-corrected chi connectivity index (χ0v) is 11.2. The molecule has 0 amide bonds. The number of hydrogen-bond acceptors (Lipinski definition) is 3. The van der Waals surface area contributed by atoms with Gasteiger partial charge < -0.3 is 9.30 Å². The Balaban J connectivity index is 1.88. The van der Waals surface area contributed by atoms with Gasteiger partial charge in [0.2, 0.25) is 5.88 Å². The van der Waals surface area contributed by atoms with Crippen molar-refractivity contribution in [1.82, 2.24) is 14.5 Å². The number of halogens is 3. The van der Waals surface area contributed by atoms with E-state index in [-0.39, 0.29) is 11.6 Å². The SMILES string of the molecule is FC(F)(F)c1ccc(Oc2ncccc2-n2cccc2)cn1. The lowest BCUT2D eigenvalue weighted by molar-refractivity contribution is -0.141. The standard InChI is InChI=1S/C15H10F3N3O/c16-15(17,18)13-6-5-11(10-20-13)22-14-12(4-3-7-19-14)21-8-1-2-9-21/h1-10H. The second-order valence-electron chi connectivity index (χ2n) is 4.40. The smallest absolute Gasteiger partial charge is 0.433 e. The Kier molecular flexibility index (Phi) is 3.54. The average Bonchev–Trinajstić information content (AvgIpc) is 3.01. The number of rotatable bonds is 3. The summed E-state index contributed by atoms with van der Waals surface area (Å²) in [6.45, 7) is 0. The maximum Gasteiger partial charge on any atom is 0.433 e. The van der Waals surface area contributed by atoms with Gasteiger partial charge in [-0.1, -0.05) is 0 Å². The van der Waals surface area contributed by atoms with E-state index in [1.165, 1.54) is 6.07 Å². The van der Waals surface area contributed by atoms with Crippen LogP contribution in [-0.2, 0) is 6.18 Å². The highest BCUT2D eigenvalue weighted by molar-refractivity contribution is 5.43. The average molecular weight is 305 g/mol. The minimum Gasteiger partial charge on any atom is -0.435 e. The van der Waals surface area contributed by atoms with Crippen molar-refractivity contribution in [3.8, 4) is 17.3 Å². The monoisotopic (exact) mass is 305 g/mol.